The van der Waals surface area contributed by atoms with E-state index in [1.807, 2.05) is 13.8 Å². The third-order valence-electron chi connectivity index (χ3n) is 6.30. The first-order valence-electron chi connectivity index (χ1n) is 13.4. The molecule has 11 heteroatoms. The highest BCUT2D eigenvalue weighted by atomic mass is 35.5. The predicted molar refractivity (Wildman–Crippen MR) is 151 cm³/mol. The van der Waals surface area contributed by atoms with Crippen molar-refractivity contribution in [3.63, 3.8) is 0 Å². The minimum Gasteiger partial charge on any atom is -0.492 e. The lowest BCUT2D eigenvalue weighted by Gasteiger charge is -2.26. The molecule has 0 saturated carbocycles. The lowest BCUT2D eigenvalue weighted by Crippen LogP contribution is -2.50. The zero-order valence-electron chi connectivity index (χ0n) is 23.1. The van der Waals surface area contributed by atoms with Gasteiger partial charge in [0.15, 0.2) is 0 Å². The Hall–Kier alpha value is -3.79. The summed E-state index contributed by atoms with van der Waals surface area (Å²) < 4.78 is 11.5. The molecule has 1 aliphatic rings. The molecule has 0 spiro atoms. The topological polar surface area (TPSA) is 126 Å². The number of ether oxygens (including phenoxy) is 2. The predicted octanol–water partition coefficient (Wildman–Crippen LogP) is 2.80. The Morgan fingerprint density at radius 3 is 2.58 bits per heavy atom. The van der Waals surface area contributed by atoms with Gasteiger partial charge in [-0.2, -0.15) is 0 Å². The van der Waals surface area contributed by atoms with Crippen LogP contribution in [-0.2, 0) is 14.4 Å². The summed E-state index contributed by atoms with van der Waals surface area (Å²) in [6, 6.07) is 11.8. The summed E-state index contributed by atoms with van der Waals surface area (Å²) >= 11 is 5.89. The molecule has 3 rings (SSSR count). The number of hydrogen-bond donors (Lipinski definition) is 3. The van der Waals surface area contributed by atoms with Crippen molar-refractivity contribution in [1.29, 1.82) is 0 Å². The molecule has 0 aliphatic carbocycles. The number of likely N-dealkylation sites (N-methyl/N-ethyl adjacent to an activating group) is 1. The summed E-state index contributed by atoms with van der Waals surface area (Å²) in [5.74, 6) is -0.469. The van der Waals surface area contributed by atoms with E-state index < -0.39 is 23.9 Å². The van der Waals surface area contributed by atoms with E-state index in [9.17, 15) is 19.2 Å². The number of carbonyl (C=O) groups excluding carboxylic acids is 4. The number of nitrogens with one attached hydrogen (secondary N) is 3. The first-order chi connectivity index (χ1) is 19.1. The second-order valence-corrected chi connectivity index (χ2v) is 10.4. The lowest BCUT2D eigenvalue weighted by atomic mass is 10.0. The highest BCUT2D eigenvalue weighted by Gasteiger charge is 2.28. The third-order valence-corrected chi connectivity index (χ3v) is 6.55. The van der Waals surface area contributed by atoms with Crippen LogP contribution in [0.2, 0.25) is 5.02 Å². The Balaban J connectivity index is 1.74. The molecule has 1 aliphatic heterocycles. The van der Waals surface area contributed by atoms with Gasteiger partial charge in [-0.15, -0.1) is 0 Å². The molecule has 2 aromatic carbocycles. The van der Waals surface area contributed by atoms with Crippen molar-refractivity contribution >= 4 is 35.2 Å². The van der Waals surface area contributed by atoms with Gasteiger partial charge in [-0.1, -0.05) is 37.6 Å². The van der Waals surface area contributed by atoms with Gasteiger partial charge in [0, 0.05) is 18.5 Å². The van der Waals surface area contributed by atoms with Crippen LogP contribution in [0.4, 0.5) is 0 Å². The molecule has 2 atom stereocenters. The first kappa shape index (κ1) is 30.7. The van der Waals surface area contributed by atoms with Crippen LogP contribution in [0.1, 0.15) is 43.5 Å². The molecular formula is C29H37ClN4O6. The average Bonchev–Trinajstić information content (AvgIpc) is 2.93. The minimum atomic E-state index is -1.01. The van der Waals surface area contributed by atoms with Crippen molar-refractivity contribution in [2.24, 2.45) is 5.92 Å². The first-order valence-corrected chi connectivity index (χ1v) is 13.7. The van der Waals surface area contributed by atoms with Crippen molar-refractivity contribution in [3.05, 3.63) is 59.1 Å². The normalized spacial score (nSPS) is 18.9. The van der Waals surface area contributed by atoms with Crippen molar-refractivity contribution in [2.75, 3.05) is 33.4 Å². The number of carbonyl (C=O) groups is 4. The van der Waals surface area contributed by atoms with Gasteiger partial charge in [-0.25, -0.2) is 0 Å². The lowest BCUT2D eigenvalue weighted by molar-refractivity contribution is -0.136. The van der Waals surface area contributed by atoms with Crippen LogP contribution in [0, 0.1) is 5.92 Å². The smallest absolute Gasteiger partial charge is 0.255 e. The number of benzene rings is 2. The highest BCUT2D eigenvalue weighted by molar-refractivity contribution is 6.30. The molecule has 0 bridgehead atoms. The van der Waals surface area contributed by atoms with E-state index in [1.54, 1.807) is 55.6 Å². The number of nitrogens with zero attached hydrogens (tertiary/aromatic N) is 1. The standard InChI is InChI=1S/C29H37ClN4O6/c1-19(2)18-24-29(38)34(3)15-17-40-25-7-5-4-6-22(25)27(36)33-23(12-13-26(35)32-24)28(37)31-14-16-39-21-10-8-20(30)9-11-21/h4-11,19,23-24H,12-18H2,1-3H3,(H,31,37)(H,32,35)(H,33,36)/t23-,24-/m0/s1. The summed E-state index contributed by atoms with van der Waals surface area (Å²) in [6.07, 6.45) is 0.430. The molecule has 0 radical (unpaired) electrons. The maximum absolute atomic E-state index is 13.2. The monoisotopic (exact) mass is 572 g/mol. The van der Waals surface area contributed by atoms with E-state index in [2.05, 4.69) is 16.0 Å². The van der Waals surface area contributed by atoms with Crippen LogP contribution in [0.25, 0.3) is 0 Å². The molecule has 10 nitrogen and oxygen atoms in total. The molecule has 0 unspecified atom stereocenters. The van der Waals surface area contributed by atoms with E-state index in [4.69, 9.17) is 21.1 Å². The molecule has 0 aromatic heterocycles. The Morgan fingerprint density at radius 2 is 1.85 bits per heavy atom. The molecular weight excluding hydrogens is 536 g/mol. The van der Waals surface area contributed by atoms with E-state index in [1.165, 1.54) is 4.90 Å². The van der Waals surface area contributed by atoms with E-state index in [0.717, 1.165) is 0 Å². The van der Waals surface area contributed by atoms with Gasteiger partial charge >= 0.3 is 0 Å². The van der Waals surface area contributed by atoms with Crippen LogP contribution in [0.15, 0.2) is 48.5 Å². The Bertz CT molecular complexity index is 1170. The molecule has 0 saturated heterocycles. The van der Waals surface area contributed by atoms with Crippen LogP contribution in [0.3, 0.4) is 0 Å². The molecule has 1 heterocycles. The fraction of sp³-hybridized carbons (Fsp3) is 0.448. The van der Waals surface area contributed by atoms with E-state index in [0.29, 0.717) is 22.9 Å². The molecule has 2 aromatic rings. The maximum Gasteiger partial charge on any atom is 0.255 e. The van der Waals surface area contributed by atoms with Gasteiger partial charge in [-0.3, -0.25) is 19.2 Å². The second kappa shape index (κ2) is 15.1. The number of para-hydroxylation sites is 1. The van der Waals surface area contributed by atoms with Gasteiger partial charge in [0.05, 0.1) is 18.7 Å². The zero-order valence-corrected chi connectivity index (χ0v) is 23.8. The number of amides is 4. The molecule has 216 valence electrons. The Morgan fingerprint density at radius 1 is 1.12 bits per heavy atom. The van der Waals surface area contributed by atoms with Crippen LogP contribution in [0.5, 0.6) is 11.5 Å². The summed E-state index contributed by atoms with van der Waals surface area (Å²) in [6.45, 7) is 4.73. The molecule has 4 amide bonds. The van der Waals surface area contributed by atoms with Gasteiger partial charge in [0.25, 0.3) is 5.91 Å². The number of fused-ring (bicyclic) bond motifs is 1. The van der Waals surface area contributed by atoms with Crippen LogP contribution in [-0.4, -0.2) is 74.0 Å². The summed E-state index contributed by atoms with van der Waals surface area (Å²) in [5.41, 5.74) is 0.248. The van der Waals surface area contributed by atoms with Gasteiger partial charge in [0.1, 0.15) is 36.8 Å². The Labute approximate surface area is 239 Å². The van der Waals surface area contributed by atoms with Crippen LogP contribution >= 0.6 is 11.6 Å². The fourth-order valence-corrected chi connectivity index (χ4v) is 4.31. The van der Waals surface area contributed by atoms with Gasteiger partial charge < -0.3 is 30.3 Å². The number of rotatable bonds is 7. The zero-order chi connectivity index (χ0) is 29.1. The molecule has 3 N–H and O–H groups in total. The number of halogens is 1. The quantitative estimate of drug-likeness (QED) is 0.438. The third kappa shape index (κ3) is 9.44. The van der Waals surface area contributed by atoms with Gasteiger partial charge in [-0.05, 0) is 55.2 Å². The van der Waals surface area contributed by atoms with E-state index in [-0.39, 0.29) is 62.4 Å². The summed E-state index contributed by atoms with van der Waals surface area (Å²) in [5, 5.41) is 8.90. The molecule has 0 fully saturated rings. The largest absolute Gasteiger partial charge is 0.492 e. The summed E-state index contributed by atoms with van der Waals surface area (Å²) in [7, 11) is 1.65. The van der Waals surface area contributed by atoms with Crippen molar-refractivity contribution in [3.8, 4) is 11.5 Å². The summed E-state index contributed by atoms with van der Waals surface area (Å²) in [4.78, 5) is 53.8. The van der Waals surface area contributed by atoms with Crippen molar-refractivity contribution < 1.29 is 28.7 Å². The van der Waals surface area contributed by atoms with Crippen molar-refractivity contribution in [1.82, 2.24) is 20.9 Å². The minimum absolute atomic E-state index is 0.0307. The maximum atomic E-state index is 13.2. The second-order valence-electron chi connectivity index (χ2n) is 10.0. The number of hydrogen-bond acceptors (Lipinski definition) is 6. The average molecular weight is 573 g/mol. The fourth-order valence-electron chi connectivity index (χ4n) is 4.19. The SMILES string of the molecule is CC(C)C[C@@H]1NC(=O)CC[C@@H](C(=O)NCCOc2ccc(Cl)cc2)NC(=O)c2ccccc2OCCN(C)C1=O. The Kier molecular flexibility index (Phi) is 11.6. The molecule has 40 heavy (non-hydrogen) atoms. The highest BCUT2D eigenvalue weighted by Crippen LogP contribution is 2.19. The van der Waals surface area contributed by atoms with E-state index >= 15 is 0 Å². The van der Waals surface area contributed by atoms with Crippen LogP contribution < -0.4 is 25.4 Å². The van der Waals surface area contributed by atoms with Gasteiger partial charge in [0.2, 0.25) is 17.7 Å². The van der Waals surface area contributed by atoms with Crippen molar-refractivity contribution in [2.45, 2.75) is 45.2 Å².